The minimum absolute atomic E-state index is 0.0643. The average Bonchev–Trinajstić information content (AvgIpc) is 3.44. The van der Waals surface area contributed by atoms with Crippen LogP contribution in [-0.2, 0) is 28.6 Å². The Bertz CT molecular complexity index is 1300. The lowest BCUT2D eigenvalue weighted by Gasteiger charge is -2.18. The monoisotopic (exact) mass is 1100 g/mol. The maximum absolute atomic E-state index is 12.9. The molecule has 458 valence electrons. The molecule has 0 aromatic carbocycles. The van der Waals surface area contributed by atoms with Crippen molar-refractivity contribution in [3.05, 3.63) is 36.5 Å². The van der Waals surface area contributed by atoms with Crippen LogP contribution < -0.4 is 0 Å². The molecule has 0 saturated heterocycles. The van der Waals surface area contributed by atoms with Crippen molar-refractivity contribution in [1.82, 2.24) is 0 Å². The van der Waals surface area contributed by atoms with Gasteiger partial charge in [-0.05, 0) is 57.8 Å². The molecule has 0 heterocycles. The molecule has 0 radical (unpaired) electrons. The van der Waals surface area contributed by atoms with Gasteiger partial charge in [0.15, 0.2) is 6.10 Å². The molecule has 1 unspecified atom stereocenters. The van der Waals surface area contributed by atoms with E-state index in [1.165, 1.54) is 276 Å². The van der Waals surface area contributed by atoms with E-state index in [1.54, 1.807) is 0 Å². The first kappa shape index (κ1) is 75.6. The molecule has 0 aliphatic heterocycles. The Hall–Kier alpha value is -2.37. The van der Waals surface area contributed by atoms with Crippen molar-refractivity contribution >= 4 is 17.9 Å². The van der Waals surface area contributed by atoms with Crippen LogP contribution in [0.2, 0.25) is 0 Å². The maximum atomic E-state index is 12.9. The second-order valence-electron chi connectivity index (χ2n) is 23.8. The van der Waals surface area contributed by atoms with E-state index < -0.39 is 6.10 Å². The average molecular weight is 1100 g/mol. The van der Waals surface area contributed by atoms with Crippen molar-refractivity contribution < 1.29 is 28.6 Å². The van der Waals surface area contributed by atoms with Gasteiger partial charge in [-0.3, -0.25) is 14.4 Å². The number of hydrogen-bond acceptors (Lipinski definition) is 6. The van der Waals surface area contributed by atoms with E-state index in [9.17, 15) is 14.4 Å². The highest BCUT2D eigenvalue weighted by molar-refractivity contribution is 5.71. The van der Waals surface area contributed by atoms with Gasteiger partial charge in [0.25, 0.3) is 0 Å². The summed E-state index contributed by atoms with van der Waals surface area (Å²) in [6.07, 6.45) is 83.2. The molecule has 6 nitrogen and oxygen atoms in total. The predicted octanol–water partition coefficient (Wildman–Crippen LogP) is 23.9. The third kappa shape index (κ3) is 64.5. The van der Waals surface area contributed by atoms with Crippen LogP contribution >= 0.6 is 0 Å². The first-order valence-electron chi connectivity index (χ1n) is 35.0. The van der Waals surface area contributed by atoms with E-state index in [4.69, 9.17) is 14.2 Å². The quantitative estimate of drug-likeness (QED) is 0.0261. The minimum Gasteiger partial charge on any atom is -0.462 e. The lowest BCUT2D eigenvalue weighted by atomic mass is 10.0. The van der Waals surface area contributed by atoms with Gasteiger partial charge in [-0.15, -0.1) is 0 Å². The van der Waals surface area contributed by atoms with Gasteiger partial charge < -0.3 is 14.2 Å². The molecule has 0 rings (SSSR count). The van der Waals surface area contributed by atoms with Crippen LogP contribution in [0.25, 0.3) is 0 Å². The van der Waals surface area contributed by atoms with Gasteiger partial charge in [-0.25, -0.2) is 0 Å². The van der Waals surface area contributed by atoms with Crippen molar-refractivity contribution in [2.75, 3.05) is 13.2 Å². The number of hydrogen-bond donors (Lipinski definition) is 0. The fourth-order valence-corrected chi connectivity index (χ4v) is 10.6. The molecular weight excluding hydrogens is 961 g/mol. The molecule has 0 spiro atoms. The summed E-state index contributed by atoms with van der Waals surface area (Å²) in [5, 5.41) is 0. The highest BCUT2D eigenvalue weighted by atomic mass is 16.6. The Kier molecular flexibility index (Phi) is 65.1. The van der Waals surface area contributed by atoms with Crippen molar-refractivity contribution in [2.45, 2.75) is 393 Å². The predicted molar refractivity (Wildman–Crippen MR) is 339 cm³/mol. The van der Waals surface area contributed by atoms with Crippen LogP contribution in [0.15, 0.2) is 36.5 Å². The zero-order valence-electron chi connectivity index (χ0n) is 52.7. The Morgan fingerprint density at radius 3 is 0.718 bits per heavy atom. The molecule has 0 amide bonds. The Morgan fingerprint density at radius 1 is 0.256 bits per heavy atom. The molecule has 0 bridgehead atoms. The number of carbonyl (C=O) groups excluding carboxylic acids is 3. The lowest BCUT2D eigenvalue weighted by molar-refractivity contribution is -0.167. The SMILES string of the molecule is CCCCCCC/C=C\C/C=C\C/C=C\CCCCCCCCCCCCCCCCCCCCC(=O)OCC(COC(=O)CCCCCCCCCCCCCCC)OC(=O)CCCCCCCCCCCCCCCC. The smallest absolute Gasteiger partial charge is 0.306 e. The number of esters is 3. The molecule has 0 fully saturated rings. The standard InChI is InChI=1S/C72H134O6/c1-4-7-10-13-16-19-22-25-27-28-29-30-31-32-33-34-35-36-37-38-39-40-41-42-43-44-45-48-50-53-56-59-62-65-71(74)77-68-69(67-76-70(73)64-61-58-55-52-49-46-24-21-18-15-12-9-6-3)78-72(75)66-63-60-57-54-51-47-26-23-20-17-14-11-8-5-2/h22,25,28-29,31-32,69H,4-21,23-24,26-27,30,33-68H2,1-3H3/b25-22-,29-28-,32-31-. The largest absolute Gasteiger partial charge is 0.462 e. The van der Waals surface area contributed by atoms with Crippen molar-refractivity contribution in [2.24, 2.45) is 0 Å². The van der Waals surface area contributed by atoms with Crippen LogP contribution in [0.4, 0.5) is 0 Å². The van der Waals surface area contributed by atoms with E-state index in [-0.39, 0.29) is 31.1 Å². The van der Waals surface area contributed by atoms with Crippen molar-refractivity contribution in [3.8, 4) is 0 Å². The summed E-state index contributed by atoms with van der Waals surface area (Å²) in [7, 11) is 0. The van der Waals surface area contributed by atoms with E-state index >= 15 is 0 Å². The maximum Gasteiger partial charge on any atom is 0.306 e. The van der Waals surface area contributed by atoms with Gasteiger partial charge in [0.2, 0.25) is 0 Å². The van der Waals surface area contributed by atoms with Gasteiger partial charge in [-0.1, -0.05) is 346 Å². The van der Waals surface area contributed by atoms with Gasteiger partial charge >= 0.3 is 17.9 Å². The van der Waals surface area contributed by atoms with Gasteiger partial charge in [-0.2, -0.15) is 0 Å². The molecule has 0 saturated carbocycles. The Morgan fingerprint density at radius 2 is 0.462 bits per heavy atom. The normalized spacial score (nSPS) is 12.2. The number of rotatable bonds is 65. The summed E-state index contributed by atoms with van der Waals surface area (Å²) in [6.45, 7) is 6.69. The molecule has 0 aromatic heterocycles. The summed E-state index contributed by atoms with van der Waals surface area (Å²) >= 11 is 0. The van der Waals surface area contributed by atoms with Crippen LogP contribution in [0.1, 0.15) is 387 Å². The van der Waals surface area contributed by atoms with E-state index in [0.29, 0.717) is 19.3 Å². The van der Waals surface area contributed by atoms with Crippen LogP contribution in [0, 0.1) is 0 Å². The van der Waals surface area contributed by atoms with Gasteiger partial charge in [0.05, 0.1) is 0 Å². The molecule has 0 aliphatic rings. The van der Waals surface area contributed by atoms with E-state index in [0.717, 1.165) is 70.6 Å². The van der Waals surface area contributed by atoms with Gasteiger partial charge in [0, 0.05) is 19.3 Å². The first-order valence-corrected chi connectivity index (χ1v) is 35.0. The van der Waals surface area contributed by atoms with Crippen molar-refractivity contribution in [1.29, 1.82) is 0 Å². The highest BCUT2D eigenvalue weighted by Crippen LogP contribution is 2.18. The lowest BCUT2D eigenvalue weighted by Crippen LogP contribution is -2.30. The molecule has 0 N–H and O–H groups in total. The Balaban J connectivity index is 4.08. The molecule has 0 aromatic rings. The van der Waals surface area contributed by atoms with Crippen LogP contribution in [0.3, 0.4) is 0 Å². The van der Waals surface area contributed by atoms with E-state index in [2.05, 4.69) is 57.2 Å². The second kappa shape index (κ2) is 67.1. The summed E-state index contributed by atoms with van der Waals surface area (Å²) in [4.78, 5) is 38.3. The summed E-state index contributed by atoms with van der Waals surface area (Å²) < 4.78 is 17.0. The number of allylic oxidation sites excluding steroid dienone is 6. The number of carbonyl (C=O) groups is 3. The van der Waals surface area contributed by atoms with E-state index in [1.807, 2.05) is 0 Å². The topological polar surface area (TPSA) is 78.9 Å². The zero-order valence-corrected chi connectivity index (χ0v) is 52.7. The van der Waals surface area contributed by atoms with Crippen LogP contribution in [0.5, 0.6) is 0 Å². The number of unbranched alkanes of at least 4 members (excludes halogenated alkanes) is 48. The minimum atomic E-state index is -0.766. The first-order chi connectivity index (χ1) is 38.5. The summed E-state index contributed by atoms with van der Waals surface area (Å²) in [6, 6.07) is 0. The third-order valence-corrected chi connectivity index (χ3v) is 15.9. The highest BCUT2D eigenvalue weighted by Gasteiger charge is 2.19. The molecule has 0 aliphatic carbocycles. The molecular formula is C72H134O6. The molecule has 78 heavy (non-hydrogen) atoms. The number of ether oxygens (including phenoxy) is 3. The third-order valence-electron chi connectivity index (χ3n) is 15.9. The zero-order chi connectivity index (χ0) is 56.4. The summed E-state index contributed by atoms with van der Waals surface area (Å²) in [5.74, 6) is -0.835. The van der Waals surface area contributed by atoms with Crippen molar-refractivity contribution in [3.63, 3.8) is 0 Å². The second-order valence-corrected chi connectivity index (χ2v) is 23.8. The fourth-order valence-electron chi connectivity index (χ4n) is 10.6. The van der Waals surface area contributed by atoms with Gasteiger partial charge in [0.1, 0.15) is 13.2 Å². The molecule has 1 atom stereocenters. The fraction of sp³-hybridized carbons (Fsp3) is 0.875. The van der Waals surface area contributed by atoms with Crippen LogP contribution in [-0.4, -0.2) is 37.2 Å². The Labute approximate surface area is 486 Å². The molecule has 6 heteroatoms. The summed E-state index contributed by atoms with van der Waals surface area (Å²) in [5.41, 5.74) is 0.